The minimum Gasteiger partial charge on any atom is -0.483 e. The van der Waals surface area contributed by atoms with Gasteiger partial charge < -0.3 is 9.47 Å². The standard InChI is InChI=1S/C20H24N2O5/c1-22-12-20(13-22)11-16(23)15-10-14(5-7-17(15)26-20)6-8-18(24)21-27-19-4-2-3-9-25-19/h5-8,10,19H,2-4,9,11-13H2,1H3,(H,21,24). The van der Waals surface area contributed by atoms with Crippen LogP contribution in [0.1, 0.15) is 41.6 Å². The lowest BCUT2D eigenvalue weighted by Crippen LogP contribution is -2.65. The number of ether oxygens (including phenoxy) is 2. The summed E-state index contributed by atoms with van der Waals surface area (Å²) in [6.07, 6.45) is 5.86. The van der Waals surface area contributed by atoms with E-state index in [1.54, 1.807) is 18.2 Å². The molecular weight excluding hydrogens is 348 g/mol. The smallest absolute Gasteiger partial charge is 0.267 e. The van der Waals surface area contributed by atoms with E-state index in [-0.39, 0.29) is 23.6 Å². The number of amides is 1. The van der Waals surface area contributed by atoms with Crippen LogP contribution in [0.15, 0.2) is 24.3 Å². The lowest BCUT2D eigenvalue weighted by Gasteiger charge is -2.49. The highest BCUT2D eigenvalue weighted by Crippen LogP contribution is 2.38. The average Bonchev–Trinajstić information content (AvgIpc) is 2.65. The van der Waals surface area contributed by atoms with Crippen molar-refractivity contribution in [3.8, 4) is 5.75 Å². The predicted molar refractivity (Wildman–Crippen MR) is 98.1 cm³/mol. The third-order valence-corrected chi connectivity index (χ3v) is 5.09. The normalized spacial score (nSPS) is 24.3. The van der Waals surface area contributed by atoms with Crippen molar-refractivity contribution in [2.45, 2.75) is 37.6 Å². The van der Waals surface area contributed by atoms with Gasteiger partial charge in [-0.15, -0.1) is 0 Å². The molecule has 2 fully saturated rings. The number of hydrogen-bond acceptors (Lipinski definition) is 6. The summed E-state index contributed by atoms with van der Waals surface area (Å²) in [4.78, 5) is 31.8. The van der Waals surface area contributed by atoms with Crippen LogP contribution in [0.25, 0.3) is 6.08 Å². The van der Waals surface area contributed by atoms with Gasteiger partial charge in [-0.3, -0.25) is 14.5 Å². The Bertz CT molecular complexity index is 764. The Morgan fingerprint density at radius 2 is 2.22 bits per heavy atom. The summed E-state index contributed by atoms with van der Waals surface area (Å²) in [5.41, 5.74) is 3.34. The third kappa shape index (κ3) is 4.05. The minimum absolute atomic E-state index is 0.0850. The molecule has 7 nitrogen and oxygen atoms in total. The van der Waals surface area contributed by atoms with Crippen molar-refractivity contribution in [3.63, 3.8) is 0 Å². The molecule has 7 heteroatoms. The summed E-state index contributed by atoms with van der Waals surface area (Å²) in [7, 11) is 2.01. The first-order chi connectivity index (χ1) is 13.0. The lowest BCUT2D eigenvalue weighted by atomic mass is 9.84. The van der Waals surface area contributed by atoms with Crippen molar-refractivity contribution < 1.29 is 23.9 Å². The number of nitrogens with one attached hydrogen (secondary N) is 1. The van der Waals surface area contributed by atoms with Gasteiger partial charge >= 0.3 is 0 Å². The zero-order valence-corrected chi connectivity index (χ0v) is 15.4. The lowest BCUT2D eigenvalue weighted by molar-refractivity contribution is -0.198. The van der Waals surface area contributed by atoms with Crippen LogP contribution in [0.4, 0.5) is 0 Å². The van der Waals surface area contributed by atoms with Crippen LogP contribution in [0.2, 0.25) is 0 Å². The molecule has 1 N–H and O–H groups in total. The first kappa shape index (κ1) is 18.2. The third-order valence-electron chi connectivity index (χ3n) is 5.09. The number of carbonyl (C=O) groups excluding carboxylic acids is 2. The maximum Gasteiger partial charge on any atom is 0.267 e. The number of hydrogen-bond donors (Lipinski definition) is 1. The Kier molecular flexibility index (Phi) is 4.99. The number of fused-ring (bicyclic) bond motifs is 1. The van der Waals surface area contributed by atoms with E-state index in [2.05, 4.69) is 10.4 Å². The van der Waals surface area contributed by atoms with Gasteiger partial charge in [0.1, 0.15) is 11.4 Å². The fourth-order valence-electron chi connectivity index (χ4n) is 3.86. The number of ketones is 1. The second kappa shape index (κ2) is 7.42. The molecule has 27 heavy (non-hydrogen) atoms. The molecule has 0 saturated carbocycles. The molecule has 1 aromatic carbocycles. The van der Waals surface area contributed by atoms with E-state index in [1.807, 2.05) is 13.1 Å². The Balaban J connectivity index is 1.36. The van der Waals surface area contributed by atoms with Gasteiger partial charge in [-0.2, -0.15) is 0 Å². The van der Waals surface area contributed by atoms with Crippen LogP contribution in [-0.4, -0.2) is 55.2 Å². The van der Waals surface area contributed by atoms with E-state index in [1.165, 1.54) is 6.08 Å². The van der Waals surface area contributed by atoms with E-state index in [9.17, 15) is 9.59 Å². The molecule has 1 aromatic rings. The molecule has 3 heterocycles. The second-order valence-corrected chi connectivity index (χ2v) is 7.53. The highest BCUT2D eigenvalue weighted by molar-refractivity contribution is 6.01. The van der Waals surface area contributed by atoms with Gasteiger partial charge in [-0.1, -0.05) is 6.07 Å². The number of likely N-dealkylation sites (tertiary alicyclic amines) is 1. The van der Waals surface area contributed by atoms with Gasteiger partial charge in [-0.05, 0) is 43.7 Å². The van der Waals surface area contributed by atoms with E-state index in [0.29, 0.717) is 24.3 Å². The number of Topliss-reactive ketones (excluding diaryl/α,β-unsaturated/α-hetero) is 1. The summed E-state index contributed by atoms with van der Waals surface area (Å²) in [5.74, 6) is 0.335. The van der Waals surface area contributed by atoms with Crippen molar-refractivity contribution in [1.82, 2.24) is 10.4 Å². The largest absolute Gasteiger partial charge is 0.483 e. The van der Waals surface area contributed by atoms with Gasteiger partial charge in [-0.25, -0.2) is 10.3 Å². The molecule has 0 aliphatic carbocycles. The maximum atomic E-state index is 12.5. The summed E-state index contributed by atoms with van der Waals surface area (Å²) < 4.78 is 11.5. The van der Waals surface area contributed by atoms with E-state index >= 15 is 0 Å². The monoisotopic (exact) mass is 372 g/mol. The molecule has 1 amide bonds. The van der Waals surface area contributed by atoms with Crippen molar-refractivity contribution in [2.24, 2.45) is 0 Å². The molecular formula is C20H24N2O5. The maximum absolute atomic E-state index is 12.5. The number of hydroxylamine groups is 1. The van der Waals surface area contributed by atoms with Crippen LogP contribution in [0, 0.1) is 0 Å². The molecule has 1 unspecified atom stereocenters. The van der Waals surface area contributed by atoms with Gasteiger partial charge in [0, 0.05) is 32.2 Å². The van der Waals surface area contributed by atoms with Gasteiger partial charge in [0.05, 0.1) is 12.0 Å². The molecule has 4 rings (SSSR count). The molecule has 3 aliphatic heterocycles. The molecule has 0 bridgehead atoms. The minimum atomic E-state index is -0.382. The van der Waals surface area contributed by atoms with Crippen LogP contribution in [0.3, 0.4) is 0 Å². The number of likely N-dealkylation sites (N-methyl/N-ethyl adjacent to an activating group) is 1. The average molecular weight is 372 g/mol. The molecule has 3 aliphatic rings. The summed E-state index contributed by atoms with van der Waals surface area (Å²) >= 11 is 0. The summed E-state index contributed by atoms with van der Waals surface area (Å²) in [6.45, 7) is 2.19. The molecule has 0 aromatic heterocycles. The van der Waals surface area contributed by atoms with Gasteiger partial charge in [0.15, 0.2) is 12.1 Å². The highest BCUT2D eigenvalue weighted by atomic mass is 16.8. The van der Waals surface area contributed by atoms with Crippen molar-refractivity contribution in [2.75, 3.05) is 26.7 Å². The van der Waals surface area contributed by atoms with Crippen LogP contribution in [0.5, 0.6) is 5.75 Å². The van der Waals surface area contributed by atoms with Gasteiger partial charge in [0.2, 0.25) is 0 Å². The number of benzene rings is 1. The first-order valence-corrected chi connectivity index (χ1v) is 9.33. The number of carbonyl (C=O) groups is 2. The zero-order chi connectivity index (χ0) is 18.9. The van der Waals surface area contributed by atoms with E-state index in [0.717, 1.165) is 37.9 Å². The molecule has 1 spiro atoms. The Morgan fingerprint density at radius 3 is 2.96 bits per heavy atom. The molecule has 144 valence electrons. The van der Waals surface area contributed by atoms with Crippen molar-refractivity contribution in [3.05, 3.63) is 35.4 Å². The Morgan fingerprint density at radius 1 is 1.37 bits per heavy atom. The molecule has 1 atom stereocenters. The quantitative estimate of drug-likeness (QED) is 0.643. The van der Waals surface area contributed by atoms with Crippen LogP contribution >= 0.6 is 0 Å². The SMILES string of the molecule is CN1CC2(CC(=O)c3cc(C=CC(=O)NOC4CCCCO4)ccc3O2)C1. The fourth-order valence-corrected chi connectivity index (χ4v) is 3.86. The Labute approximate surface area is 158 Å². The zero-order valence-electron chi connectivity index (χ0n) is 15.4. The van der Waals surface area contributed by atoms with Crippen molar-refractivity contribution in [1.29, 1.82) is 0 Å². The van der Waals surface area contributed by atoms with Crippen LogP contribution in [-0.2, 0) is 14.4 Å². The topological polar surface area (TPSA) is 77.1 Å². The second-order valence-electron chi connectivity index (χ2n) is 7.53. The fraction of sp³-hybridized carbons (Fsp3) is 0.500. The van der Waals surface area contributed by atoms with Gasteiger partial charge in [0.25, 0.3) is 5.91 Å². The highest BCUT2D eigenvalue weighted by Gasteiger charge is 2.48. The molecule has 2 saturated heterocycles. The van der Waals surface area contributed by atoms with E-state index < -0.39 is 0 Å². The summed E-state index contributed by atoms with van der Waals surface area (Å²) in [6, 6.07) is 5.40. The van der Waals surface area contributed by atoms with E-state index in [4.69, 9.17) is 14.3 Å². The summed E-state index contributed by atoms with van der Waals surface area (Å²) in [5, 5.41) is 0. The first-order valence-electron chi connectivity index (χ1n) is 9.33. The number of rotatable bonds is 4. The Hall–Kier alpha value is -2.22. The predicted octanol–water partition coefficient (Wildman–Crippen LogP) is 1.92. The number of nitrogens with zero attached hydrogens (tertiary/aromatic N) is 1. The van der Waals surface area contributed by atoms with Crippen LogP contribution < -0.4 is 10.2 Å². The molecule has 0 radical (unpaired) electrons. The van der Waals surface area contributed by atoms with Crippen molar-refractivity contribution >= 4 is 17.8 Å².